The summed E-state index contributed by atoms with van der Waals surface area (Å²) in [4.78, 5) is 14.5. The van der Waals surface area contributed by atoms with Gasteiger partial charge in [-0.15, -0.1) is 24.8 Å². The molecule has 0 aromatic carbocycles. The first-order valence-corrected chi connectivity index (χ1v) is 8.37. The minimum Gasteiger partial charge on any atom is -0.353 e. The van der Waals surface area contributed by atoms with Crippen LogP contribution >= 0.6 is 24.8 Å². The molecular formula is C17H37Cl2N3O. The molecule has 6 heteroatoms. The van der Waals surface area contributed by atoms with Gasteiger partial charge in [0, 0.05) is 19.0 Å². The fraction of sp³-hybridized carbons (Fsp3) is 0.941. The molecule has 2 N–H and O–H groups in total. The molecule has 3 unspecified atom stereocenters. The van der Waals surface area contributed by atoms with E-state index < -0.39 is 0 Å². The van der Waals surface area contributed by atoms with Gasteiger partial charge in [0.15, 0.2) is 0 Å². The van der Waals surface area contributed by atoms with Crippen LogP contribution in [-0.4, -0.2) is 50.6 Å². The van der Waals surface area contributed by atoms with Gasteiger partial charge in [0.1, 0.15) is 0 Å². The van der Waals surface area contributed by atoms with Crippen LogP contribution in [0.1, 0.15) is 47.0 Å². The highest BCUT2D eigenvalue weighted by Gasteiger charge is 2.29. The minimum absolute atomic E-state index is 0. The largest absolute Gasteiger partial charge is 0.353 e. The predicted molar refractivity (Wildman–Crippen MR) is 104 cm³/mol. The van der Waals surface area contributed by atoms with Gasteiger partial charge in [-0.3, -0.25) is 4.79 Å². The zero-order valence-corrected chi connectivity index (χ0v) is 17.3. The van der Waals surface area contributed by atoms with E-state index in [4.69, 9.17) is 0 Å². The van der Waals surface area contributed by atoms with Crippen molar-refractivity contribution < 1.29 is 4.79 Å². The third-order valence-electron chi connectivity index (χ3n) is 4.92. The highest BCUT2D eigenvalue weighted by atomic mass is 35.5. The Bertz CT molecular complexity index is 332. The van der Waals surface area contributed by atoms with Crippen LogP contribution < -0.4 is 10.6 Å². The number of rotatable bonds is 7. The Labute approximate surface area is 155 Å². The van der Waals surface area contributed by atoms with Gasteiger partial charge < -0.3 is 15.5 Å². The molecule has 0 bridgehead atoms. The van der Waals surface area contributed by atoms with E-state index in [9.17, 15) is 4.79 Å². The first kappa shape index (κ1) is 25.2. The van der Waals surface area contributed by atoms with Crippen molar-refractivity contribution >= 4 is 30.7 Å². The molecule has 1 aliphatic heterocycles. The number of nitrogens with zero attached hydrogens (tertiary/aromatic N) is 1. The van der Waals surface area contributed by atoms with E-state index in [1.807, 2.05) is 0 Å². The highest BCUT2D eigenvalue weighted by molar-refractivity contribution is 5.85. The lowest BCUT2D eigenvalue weighted by molar-refractivity contribution is -0.123. The molecule has 0 aromatic heterocycles. The summed E-state index contributed by atoms with van der Waals surface area (Å²) in [7, 11) is 4.16. The van der Waals surface area contributed by atoms with Gasteiger partial charge in [0.2, 0.25) is 5.91 Å². The molecule has 1 rings (SSSR count). The molecule has 0 radical (unpaired) electrons. The molecule has 3 atom stereocenters. The van der Waals surface area contributed by atoms with Gasteiger partial charge in [-0.05, 0) is 64.2 Å². The fourth-order valence-corrected chi connectivity index (χ4v) is 3.27. The maximum atomic E-state index is 12.3. The molecule has 0 spiro atoms. The van der Waals surface area contributed by atoms with Gasteiger partial charge in [-0.1, -0.05) is 20.8 Å². The first-order valence-electron chi connectivity index (χ1n) is 8.37. The maximum absolute atomic E-state index is 12.3. The minimum atomic E-state index is 0. The third kappa shape index (κ3) is 9.13. The van der Waals surface area contributed by atoms with Crippen LogP contribution in [0.15, 0.2) is 0 Å². The molecule has 0 aliphatic carbocycles. The van der Waals surface area contributed by atoms with Crippen molar-refractivity contribution in [3.63, 3.8) is 0 Å². The van der Waals surface area contributed by atoms with E-state index in [2.05, 4.69) is 57.3 Å². The van der Waals surface area contributed by atoms with Gasteiger partial charge in [-0.2, -0.15) is 0 Å². The number of hydrogen-bond donors (Lipinski definition) is 2. The fourth-order valence-electron chi connectivity index (χ4n) is 3.27. The van der Waals surface area contributed by atoms with Crippen LogP contribution in [-0.2, 0) is 4.79 Å². The molecule has 1 aliphatic rings. The Morgan fingerprint density at radius 3 is 2.39 bits per heavy atom. The lowest BCUT2D eigenvalue weighted by Crippen LogP contribution is -2.48. The SMILES string of the molecule is CC(CC(=O)NC(C)C(C)(C)CN(C)C)C1CCCNC1.Cl.Cl. The van der Waals surface area contributed by atoms with E-state index >= 15 is 0 Å². The summed E-state index contributed by atoms with van der Waals surface area (Å²) in [5, 5.41) is 6.65. The molecule has 4 nitrogen and oxygen atoms in total. The van der Waals surface area contributed by atoms with Crippen molar-refractivity contribution in [3.05, 3.63) is 0 Å². The Kier molecular flexibility index (Phi) is 12.6. The van der Waals surface area contributed by atoms with Crippen molar-refractivity contribution in [1.82, 2.24) is 15.5 Å². The highest BCUT2D eigenvalue weighted by Crippen LogP contribution is 2.24. The summed E-state index contributed by atoms with van der Waals surface area (Å²) >= 11 is 0. The molecule has 0 saturated carbocycles. The van der Waals surface area contributed by atoms with Gasteiger partial charge in [0.05, 0.1) is 0 Å². The van der Waals surface area contributed by atoms with Crippen LogP contribution in [0.2, 0.25) is 0 Å². The van der Waals surface area contributed by atoms with Crippen LogP contribution in [0.4, 0.5) is 0 Å². The maximum Gasteiger partial charge on any atom is 0.220 e. The monoisotopic (exact) mass is 369 g/mol. The molecule has 140 valence electrons. The van der Waals surface area contributed by atoms with Crippen LogP contribution in [0, 0.1) is 17.3 Å². The Morgan fingerprint density at radius 1 is 1.30 bits per heavy atom. The van der Waals surface area contributed by atoms with E-state index in [0.717, 1.165) is 19.6 Å². The molecular weight excluding hydrogens is 333 g/mol. The van der Waals surface area contributed by atoms with Gasteiger partial charge in [0.25, 0.3) is 0 Å². The van der Waals surface area contributed by atoms with E-state index in [-0.39, 0.29) is 42.2 Å². The van der Waals surface area contributed by atoms with Gasteiger partial charge >= 0.3 is 0 Å². The summed E-state index contributed by atoms with van der Waals surface area (Å²) in [6, 6.07) is 0.184. The Hall–Kier alpha value is -0.0300. The summed E-state index contributed by atoms with van der Waals surface area (Å²) < 4.78 is 0. The second-order valence-corrected chi connectivity index (χ2v) is 7.80. The molecule has 1 heterocycles. The summed E-state index contributed by atoms with van der Waals surface area (Å²) in [6.45, 7) is 11.9. The zero-order chi connectivity index (χ0) is 16.0. The molecule has 0 aromatic rings. The quantitative estimate of drug-likeness (QED) is 0.724. The summed E-state index contributed by atoms with van der Waals surface area (Å²) in [6.07, 6.45) is 3.14. The number of nitrogens with one attached hydrogen (secondary N) is 2. The molecule has 1 saturated heterocycles. The smallest absolute Gasteiger partial charge is 0.220 e. The third-order valence-corrected chi connectivity index (χ3v) is 4.92. The lowest BCUT2D eigenvalue weighted by atomic mass is 9.83. The standard InChI is InChI=1S/C17H35N3O.2ClH/c1-13(15-8-7-9-18-11-15)10-16(21)19-14(2)17(3,4)12-20(5)6;;/h13-15,18H,7-12H2,1-6H3,(H,19,21);2*1H. The molecule has 1 fully saturated rings. The number of hydrogen-bond acceptors (Lipinski definition) is 3. The van der Waals surface area contributed by atoms with Crippen LogP contribution in [0.25, 0.3) is 0 Å². The number of carbonyl (C=O) groups is 1. The number of piperidine rings is 1. The van der Waals surface area contributed by atoms with Crippen molar-refractivity contribution in [2.45, 2.75) is 53.0 Å². The predicted octanol–water partition coefficient (Wildman–Crippen LogP) is 2.95. The van der Waals surface area contributed by atoms with Crippen molar-refractivity contribution in [2.75, 3.05) is 33.7 Å². The van der Waals surface area contributed by atoms with Crippen molar-refractivity contribution in [2.24, 2.45) is 17.3 Å². The number of carbonyl (C=O) groups excluding carboxylic acids is 1. The number of halogens is 2. The van der Waals surface area contributed by atoms with Crippen molar-refractivity contribution in [1.29, 1.82) is 0 Å². The Morgan fingerprint density at radius 2 is 1.91 bits per heavy atom. The second-order valence-electron chi connectivity index (χ2n) is 7.80. The van der Waals surface area contributed by atoms with Crippen molar-refractivity contribution in [3.8, 4) is 0 Å². The average molecular weight is 370 g/mol. The topological polar surface area (TPSA) is 44.4 Å². The average Bonchev–Trinajstić information content (AvgIpc) is 2.37. The Balaban J connectivity index is 0. The molecule has 23 heavy (non-hydrogen) atoms. The second kappa shape index (κ2) is 11.5. The summed E-state index contributed by atoms with van der Waals surface area (Å²) in [5.74, 6) is 1.31. The van der Waals surface area contributed by atoms with E-state index in [0.29, 0.717) is 18.3 Å². The first-order chi connectivity index (χ1) is 9.72. The van der Waals surface area contributed by atoms with E-state index in [1.54, 1.807) is 0 Å². The van der Waals surface area contributed by atoms with Crippen LogP contribution in [0.5, 0.6) is 0 Å². The van der Waals surface area contributed by atoms with E-state index in [1.165, 1.54) is 12.8 Å². The normalized spacial score (nSPS) is 20.9. The lowest BCUT2D eigenvalue weighted by Gasteiger charge is -2.35. The van der Waals surface area contributed by atoms with Crippen LogP contribution in [0.3, 0.4) is 0 Å². The zero-order valence-electron chi connectivity index (χ0n) is 15.6. The summed E-state index contributed by atoms with van der Waals surface area (Å²) in [5.41, 5.74) is 0.0782. The van der Waals surface area contributed by atoms with Gasteiger partial charge in [-0.25, -0.2) is 0 Å². The molecule has 1 amide bonds. The number of amides is 1.